The number of carbonyl (C=O) groups is 1. The number of hydrogen-bond donors (Lipinski definition) is 0. The lowest BCUT2D eigenvalue weighted by Crippen LogP contribution is -2.48. The van der Waals surface area contributed by atoms with Gasteiger partial charge in [-0.15, -0.1) is 0 Å². The molecule has 4 nitrogen and oxygen atoms in total. The second-order valence-corrected chi connectivity index (χ2v) is 5.86. The fourth-order valence-electron chi connectivity index (χ4n) is 2.61. The zero-order valence-electron chi connectivity index (χ0n) is 12.3. The average molecular weight is 317 g/mol. The molecular weight excluding hydrogens is 300 g/mol. The third-order valence-electron chi connectivity index (χ3n) is 3.84. The molecular formula is C17H17ClN2O2. The van der Waals surface area contributed by atoms with Crippen molar-refractivity contribution in [2.24, 2.45) is 0 Å². The third-order valence-corrected chi connectivity index (χ3v) is 4.08. The standard InChI is InChI=1S/C17H17ClN2O2/c1-12-11-22-16(14-3-2-4-15(18)9-14)10-20(12)17(21)13-5-7-19-8-6-13/h2-9,12,16H,10-11H2,1H3. The van der Waals surface area contributed by atoms with Crippen molar-refractivity contribution in [3.8, 4) is 0 Å². The Morgan fingerprint density at radius 3 is 2.82 bits per heavy atom. The lowest BCUT2D eigenvalue weighted by Gasteiger charge is -2.38. The van der Waals surface area contributed by atoms with Crippen LogP contribution in [0.4, 0.5) is 0 Å². The van der Waals surface area contributed by atoms with Crippen LogP contribution < -0.4 is 0 Å². The monoisotopic (exact) mass is 316 g/mol. The van der Waals surface area contributed by atoms with Gasteiger partial charge in [-0.05, 0) is 36.8 Å². The number of halogens is 1. The van der Waals surface area contributed by atoms with E-state index in [9.17, 15) is 4.79 Å². The molecule has 22 heavy (non-hydrogen) atoms. The minimum absolute atomic E-state index is 0.00484. The second kappa shape index (κ2) is 6.46. The highest BCUT2D eigenvalue weighted by Crippen LogP contribution is 2.27. The first-order valence-electron chi connectivity index (χ1n) is 7.23. The normalized spacial score (nSPS) is 21.6. The number of amides is 1. The molecule has 0 spiro atoms. The van der Waals surface area contributed by atoms with Crippen molar-refractivity contribution < 1.29 is 9.53 Å². The SMILES string of the molecule is CC1COC(c2cccc(Cl)c2)CN1C(=O)c1ccncc1. The Morgan fingerprint density at radius 2 is 2.09 bits per heavy atom. The number of carbonyl (C=O) groups excluding carboxylic acids is 1. The molecule has 2 heterocycles. The summed E-state index contributed by atoms with van der Waals surface area (Å²) < 4.78 is 5.88. The minimum atomic E-state index is -0.152. The van der Waals surface area contributed by atoms with Gasteiger partial charge in [0.2, 0.25) is 0 Å². The van der Waals surface area contributed by atoms with Crippen molar-refractivity contribution in [1.82, 2.24) is 9.88 Å². The van der Waals surface area contributed by atoms with Crippen molar-refractivity contribution in [2.75, 3.05) is 13.2 Å². The van der Waals surface area contributed by atoms with Gasteiger partial charge >= 0.3 is 0 Å². The Balaban J connectivity index is 1.81. The van der Waals surface area contributed by atoms with Crippen molar-refractivity contribution in [3.63, 3.8) is 0 Å². The number of morpholine rings is 1. The highest BCUT2D eigenvalue weighted by molar-refractivity contribution is 6.30. The van der Waals surface area contributed by atoms with E-state index in [1.54, 1.807) is 24.5 Å². The summed E-state index contributed by atoms with van der Waals surface area (Å²) in [7, 11) is 0. The van der Waals surface area contributed by atoms with Crippen LogP contribution in [-0.2, 0) is 4.74 Å². The van der Waals surface area contributed by atoms with Gasteiger partial charge in [-0.3, -0.25) is 9.78 Å². The fraction of sp³-hybridized carbons (Fsp3) is 0.294. The Hall–Kier alpha value is -1.91. The van der Waals surface area contributed by atoms with Crippen LogP contribution in [0.1, 0.15) is 28.9 Å². The van der Waals surface area contributed by atoms with E-state index in [0.717, 1.165) is 5.56 Å². The number of ether oxygens (including phenoxy) is 1. The zero-order chi connectivity index (χ0) is 15.5. The van der Waals surface area contributed by atoms with Crippen LogP contribution in [0.3, 0.4) is 0 Å². The number of hydrogen-bond acceptors (Lipinski definition) is 3. The Labute approximate surface area is 134 Å². The number of pyridine rings is 1. The molecule has 1 aliphatic heterocycles. The largest absolute Gasteiger partial charge is 0.370 e. The summed E-state index contributed by atoms with van der Waals surface area (Å²) in [5.74, 6) is 0.00484. The molecule has 0 radical (unpaired) electrons. The van der Waals surface area contributed by atoms with Gasteiger partial charge in [0.1, 0.15) is 6.10 Å². The minimum Gasteiger partial charge on any atom is -0.370 e. The molecule has 0 saturated carbocycles. The quantitative estimate of drug-likeness (QED) is 0.853. The molecule has 1 aromatic heterocycles. The lowest BCUT2D eigenvalue weighted by molar-refractivity contribution is -0.0486. The van der Waals surface area contributed by atoms with Crippen molar-refractivity contribution in [3.05, 3.63) is 64.9 Å². The molecule has 1 saturated heterocycles. The van der Waals surface area contributed by atoms with Gasteiger partial charge in [0.05, 0.1) is 19.2 Å². The number of rotatable bonds is 2. The van der Waals surface area contributed by atoms with E-state index in [1.165, 1.54) is 0 Å². The molecule has 0 N–H and O–H groups in total. The van der Waals surface area contributed by atoms with Crippen LogP contribution in [0, 0.1) is 0 Å². The molecule has 114 valence electrons. The Bertz CT molecular complexity index is 663. The molecule has 3 rings (SSSR count). The van der Waals surface area contributed by atoms with Gasteiger partial charge in [0.15, 0.2) is 0 Å². The first kappa shape index (κ1) is 15.0. The maximum Gasteiger partial charge on any atom is 0.254 e. The molecule has 2 aromatic rings. The smallest absolute Gasteiger partial charge is 0.254 e. The Morgan fingerprint density at radius 1 is 1.32 bits per heavy atom. The molecule has 1 fully saturated rings. The van der Waals surface area contributed by atoms with Crippen molar-refractivity contribution in [2.45, 2.75) is 19.1 Å². The summed E-state index contributed by atoms with van der Waals surface area (Å²) in [6.45, 7) is 3.02. The van der Waals surface area contributed by atoms with Gasteiger partial charge in [0, 0.05) is 23.0 Å². The first-order valence-corrected chi connectivity index (χ1v) is 7.61. The van der Waals surface area contributed by atoms with Gasteiger partial charge in [-0.25, -0.2) is 0 Å². The molecule has 1 aliphatic rings. The molecule has 5 heteroatoms. The second-order valence-electron chi connectivity index (χ2n) is 5.42. The molecule has 1 aromatic carbocycles. The van der Waals surface area contributed by atoms with Crippen LogP contribution in [0.25, 0.3) is 0 Å². The maximum atomic E-state index is 12.7. The van der Waals surface area contributed by atoms with Crippen LogP contribution in [0.5, 0.6) is 0 Å². The summed E-state index contributed by atoms with van der Waals surface area (Å²) in [5.41, 5.74) is 1.64. The van der Waals surface area contributed by atoms with Gasteiger partial charge in [-0.1, -0.05) is 23.7 Å². The van der Waals surface area contributed by atoms with Crippen molar-refractivity contribution >= 4 is 17.5 Å². The van der Waals surface area contributed by atoms with E-state index in [1.807, 2.05) is 36.1 Å². The number of nitrogens with zero attached hydrogens (tertiary/aromatic N) is 2. The molecule has 2 atom stereocenters. The number of aromatic nitrogens is 1. The highest BCUT2D eigenvalue weighted by Gasteiger charge is 2.31. The third kappa shape index (κ3) is 3.13. The summed E-state index contributed by atoms with van der Waals surface area (Å²) >= 11 is 6.04. The molecule has 2 unspecified atom stereocenters. The summed E-state index contributed by atoms with van der Waals surface area (Å²) in [4.78, 5) is 18.5. The summed E-state index contributed by atoms with van der Waals surface area (Å²) in [5, 5.41) is 0.673. The van der Waals surface area contributed by atoms with E-state index >= 15 is 0 Å². The maximum absolute atomic E-state index is 12.7. The van der Waals surface area contributed by atoms with E-state index in [4.69, 9.17) is 16.3 Å². The van der Waals surface area contributed by atoms with Crippen LogP contribution in [0.15, 0.2) is 48.8 Å². The van der Waals surface area contributed by atoms with E-state index in [0.29, 0.717) is 23.7 Å². The van der Waals surface area contributed by atoms with Crippen LogP contribution in [-0.4, -0.2) is 35.0 Å². The number of benzene rings is 1. The summed E-state index contributed by atoms with van der Waals surface area (Å²) in [6.07, 6.45) is 3.11. The topological polar surface area (TPSA) is 42.4 Å². The van der Waals surface area contributed by atoms with Crippen LogP contribution in [0.2, 0.25) is 5.02 Å². The van der Waals surface area contributed by atoms with E-state index in [-0.39, 0.29) is 18.1 Å². The van der Waals surface area contributed by atoms with Crippen LogP contribution >= 0.6 is 11.6 Å². The van der Waals surface area contributed by atoms with Gasteiger partial charge < -0.3 is 9.64 Å². The summed E-state index contributed by atoms with van der Waals surface area (Å²) in [6, 6.07) is 11.1. The predicted octanol–water partition coefficient (Wildman–Crippen LogP) is 3.34. The van der Waals surface area contributed by atoms with Crippen molar-refractivity contribution in [1.29, 1.82) is 0 Å². The molecule has 0 aliphatic carbocycles. The molecule has 0 bridgehead atoms. The first-order chi connectivity index (χ1) is 10.6. The van der Waals surface area contributed by atoms with Gasteiger partial charge in [-0.2, -0.15) is 0 Å². The fourth-order valence-corrected chi connectivity index (χ4v) is 2.81. The average Bonchev–Trinajstić information content (AvgIpc) is 2.55. The van der Waals surface area contributed by atoms with E-state index in [2.05, 4.69) is 4.98 Å². The zero-order valence-corrected chi connectivity index (χ0v) is 13.0. The van der Waals surface area contributed by atoms with Gasteiger partial charge in [0.25, 0.3) is 5.91 Å². The van der Waals surface area contributed by atoms with E-state index < -0.39 is 0 Å². The lowest BCUT2D eigenvalue weighted by atomic mass is 10.1. The Kier molecular flexibility index (Phi) is 4.41. The predicted molar refractivity (Wildman–Crippen MR) is 84.9 cm³/mol. The molecule has 1 amide bonds. The highest BCUT2D eigenvalue weighted by atomic mass is 35.5.